The lowest BCUT2D eigenvalue weighted by molar-refractivity contribution is 0.0570. The van der Waals surface area contributed by atoms with Crippen LogP contribution in [0.3, 0.4) is 0 Å². The molecule has 0 aliphatic carbocycles. The molecule has 80 valence electrons. The van der Waals surface area contributed by atoms with Gasteiger partial charge in [0.15, 0.2) is 0 Å². The number of ether oxygens (including phenoxy) is 1. The molecule has 1 nitrogen and oxygen atoms in total. The summed E-state index contributed by atoms with van der Waals surface area (Å²) in [5.41, 5.74) is 0. The van der Waals surface area contributed by atoms with E-state index in [1.807, 2.05) is 0 Å². The third-order valence-corrected chi connectivity index (χ3v) is 2.35. The molecule has 0 aromatic heterocycles. The first-order valence-corrected chi connectivity index (χ1v) is 5.92. The third kappa shape index (κ3) is 9.88. The molecule has 0 aliphatic rings. The van der Waals surface area contributed by atoms with Gasteiger partial charge in [-0.2, -0.15) is 0 Å². The van der Waals surface area contributed by atoms with Gasteiger partial charge in [0.1, 0.15) is 0 Å². The average Bonchev–Trinajstić information content (AvgIpc) is 2.11. The van der Waals surface area contributed by atoms with Gasteiger partial charge >= 0.3 is 0 Å². The summed E-state index contributed by atoms with van der Waals surface area (Å²) in [6, 6.07) is 0. The monoisotopic (exact) mass is 186 g/mol. The van der Waals surface area contributed by atoms with Crippen molar-refractivity contribution in [1.82, 2.24) is 0 Å². The Labute approximate surface area is 83.9 Å². The first-order valence-electron chi connectivity index (χ1n) is 5.92. The molecule has 1 heteroatoms. The molecule has 0 spiro atoms. The Morgan fingerprint density at radius 1 is 0.923 bits per heavy atom. The van der Waals surface area contributed by atoms with Gasteiger partial charge in [-0.05, 0) is 19.8 Å². The van der Waals surface area contributed by atoms with Crippen molar-refractivity contribution in [3.63, 3.8) is 0 Å². The van der Waals surface area contributed by atoms with Gasteiger partial charge in [-0.15, -0.1) is 0 Å². The summed E-state index contributed by atoms with van der Waals surface area (Å²) in [6.07, 6.45) is 9.57. The molecule has 0 radical (unpaired) electrons. The van der Waals surface area contributed by atoms with E-state index < -0.39 is 0 Å². The number of unbranched alkanes of at least 4 members (excludes halogenated alkanes) is 4. The Morgan fingerprint density at radius 2 is 1.62 bits per heavy atom. The minimum Gasteiger partial charge on any atom is -0.379 e. The molecular weight excluding hydrogens is 160 g/mol. The molecule has 0 aromatic carbocycles. The Morgan fingerprint density at radius 3 is 2.23 bits per heavy atom. The summed E-state index contributed by atoms with van der Waals surface area (Å²) in [6.45, 7) is 7.60. The van der Waals surface area contributed by atoms with E-state index in [2.05, 4.69) is 20.8 Å². The van der Waals surface area contributed by atoms with Crippen LogP contribution >= 0.6 is 0 Å². The van der Waals surface area contributed by atoms with E-state index in [4.69, 9.17) is 4.74 Å². The summed E-state index contributed by atoms with van der Waals surface area (Å²) in [7, 11) is 0. The molecule has 0 fully saturated rings. The highest BCUT2D eigenvalue weighted by atomic mass is 16.5. The Kier molecular flexibility index (Phi) is 10.0. The predicted octanol–water partition coefficient (Wildman–Crippen LogP) is 4.16. The molecule has 0 heterocycles. The maximum absolute atomic E-state index is 5.66. The van der Waals surface area contributed by atoms with Crippen LogP contribution in [0.1, 0.15) is 65.7 Å². The molecular formula is C12H26O. The fourth-order valence-electron chi connectivity index (χ4n) is 1.48. The maximum atomic E-state index is 5.66. The summed E-state index contributed by atoms with van der Waals surface area (Å²) >= 11 is 0. The molecule has 0 N–H and O–H groups in total. The van der Waals surface area contributed by atoms with Crippen LogP contribution < -0.4 is 0 Å². The van der Waals surface area contributed by atoms with E-state index in [9.17, 15) is 0 Å². The Hall–Kier alpha value is -0.0400. The van der Waals surface area contributed by atoms with E-state index in [1.165, 1.54) is 44.9 Å². The van der Waals surface area contributed by atoms with E-state index in [0.717, 1.165) is 6.61 Å². The van der Waals surface area contributed by atoms with Crippen LogP contribution in [0.2, 0.25) is 0 Å². The maximum Gasteiger partial charge on any atom is 0.0546 e. The topological polar surface area (TPSA) is 9.23 Å². The van der Waals surface area contributed by atoms with Crippen molar-refractivity contribution in [2.45, 2.75) is 71.8 Å². The summed E-state index contributed by atoms with van der Waals surface area (Å²) < 4.78 is 5.66. The van der Waals surface area contributed by atoms with Crippen molar-refractivity contribution in [1.29, 1.82) is 0 Å². The fourth-order valence-corrected chi connectivity index (χ4v) is 1.48. The van der Waals surface area contributed by atoms with E-state index in [1.54, 1.807) is 0 Å². The van der Waals surface area contributed by atoms with Crippen LogP contribution in [0.5, 0.6) is 0 Å². The van der Waals surface area contributed by atoms with Crippen LogP contribution in [0.25, 0.3) is 0 Å². The molecule has 1 atom stereocenters. The fraction of sp³-hybridized carbons (Fsp3) is 1.00. The van der Waals surface area contributed by atoms with Crippen LogP contribution in [-0.2, 0) is 4.74 Å². The smallest absolute Gasteiger partial charge is 0.0546 e. The molecule has 13 heavy (non-hydrogen) atoms. The lowest BCUT2D eigenvalue weighted by atomic mass is 10.2. The highest BCUT2D eigenvalue weighted by Gasteiger charge is 1.98. The highest BCUT2D eigenvalue weighted by molar-refractivity contribution is 4.48. The zero-order valence-electron chi connectivity index (χ0n) is 9.64. The van der Waals surface area contributed by atoms with Gasteiger partial charge in [0.2, 0.25) is 0 Å². The number of hydrogen-bond donors (Lipinski definition) is 0. The van der Waals surface area contributed by atoms with Crippen molar-refractivity contribution in [3.8, 4) is 0 Å². The van der Waals surface area contributed by atoms with Crippen LogP contribution in [0.4, 0.5) is 0 Å². The molecule has 0 rings (SSSR count). The van der Waals surface area contributed by atoms with Gasteiger partial charge < -0.3 is 4.74 Å². The molecule has 0 aliphatic heterocycles. The largest absolute Gasteiger partial charge is 0.379 e. The SMILES string of the molecule is CCCCCCCOC(C)CCC. The molecule has 0 bridgehead atoms. The van der Waals surface area contributed by atoms with Gasteiger partial charge in [-0.1, -0.05) is 46.0 Å². The summed E-state index contributed by atoms with van der Waals surface area (Å²) in [5.74, 6) is 0. The lowest BCUT2D eigenvalue weighted by Crippen LogP contribution is -2.08. The normalized spacial score (nSPS) is 13.2. The zero-order chi connectivity index (χ0) is 9.94. The van der Waals surface area contributed by atoms with Crippen LogP contribution in [0, 0.1) is 0 Å². The first kappa shape index (κ1) is 13.0. The van der Waals surface area contributed by atoms with Crippen LogP contribution in [0.15, 0.2) is 0 Å². The third-order valence-electron chi connectivity index (χ3n) is 2.35. The Balaban J connectivity index is 2.97. The van der Waals surface area contributed by atoms with Crippen molar-refractivity contribution < 1.29 is 4.74 Å². The first-order chi connectivity index (χ1) is 6.31. The minimum atomic E-state index is 0.469. The lowest BCUT2D eigenvalue weighted by Gasteiger charge is -2.11. The quantitative estimate of drug-likeness (QED) is 0.491. The molecule has 0 amide bonds. The van der Waals surface area contributed by atoms with E-state index >= 15 is 0 Å². The predicted molar refractivity (Wildman–Crippen MR) is 59.1 cm³/mol. The second kappa shape index (κ2) is 10.0. The van der Waals surface area contributed by atoms with Gasteiger partial charge in [0.05, 0.1) is 6.10 Å². The van der Waals surface area contributed by atoms with Gasteiger partial charge in [-0.25, -0.2) is 0 Å². The van der Waals surface area contributed by atoms with Crippen LogP contribution in [-0.4, -0.2) is 12.7 Å². The van der Waals surface area contributed by atoms with E-state index in [-0.39, 0.29) is 0 Å². The molecule has 0 saturated carbocycles. The van der Waals surface area contributed by atoms with Gasteiger partial charge in [-0.3, -0.25) is 0 Å². The molecule has 0 saturated heterocycles. The Bertz CT molecular complexity index is 91.1. The van der Waals surface area contributed by atoms with Crippen molar-refractivity contribution in [2.75, 3.05) is 6.61 Å². The second-order valence-corrected chi connectivity index (χ2v) is 3.88. The molecule has 1 unspecified atom stereocenters. The average molecular weight is 186 g/mol. The van der Waals surface area contributed by atoms with E-state index in [0.29, 0.717) is 6.10 Å². The molecule has 0 aromatic rings. The second-order valence-electron chi connectivity index (χ2n) is 3.88. The van der Waals surface area contributed by atoms with Crippen molar-refractivity contribution in [3.05, 3.63) is 0 Å². The standard InChI is InChI=1S/C12H26O/c1-4-6-7-8-9-11-13-12(3)10-5-2/h12H,4-11H2,1-3H3. The van der Waals surface area contributed by atoms with Crippen molar-refractivity contribution >= 4 is 0 Å². The van der Waals surface area contributed by atoms with Crippen molar-refractivity contribution in [2.24, 2.45) is 0 Å². The number of rotatable bonds is 9. The summed E-state index contributed by atoms with van der Waals surface area (Å²) in [5, 5.41) is 0. The summed E-state index contributed by atoms with van der Waals surface area (Å²) in [4.78, 5) is 0. The zero-order valence-corrected chi connectivity index (χ0v) is 9.64. The highest BCUT2D eigenvalue weighted by Crippen LogP contribution is 2.05. The number of hydrogen-bond acceptors (Lipinski definition) is 1. The van der Waals surface area contributed by atoms with Gasteiger partial charge in [0.25, 0.3) is 0 Å². The minimum absolute atomic E-state index is 0.469. The van der Waals surface area contributed by atoms with Gasteiger partial charge in [0, 0.05) is 6.61 Å².